The number of nitrogens with one attached hydrogen (secondary N) is 2. The molecule has 1 aromatic carbocycles. The first-order valence-electron chi connectivity index (χ1n) is 8.70. The Morgan fingerprint density at radius 1 is 1.07 bits per heavy atom. The minimum Gasteiger partial charge on any atom is -0.459 e. The molecular weight excluding hydrogens is 394 g/mol. The van der Waals surface area contributed by atoms with E-state index in [4.69, 9.17) is 4.42 Å². The van der Waals surface area contributed by atoms with Gasteiger partial charge in [-0.3, -0.25) is 14.9 Å². The number of thiazole rings is 1. The lowest BCUT2D eigenvalue weighted by molar-refractivity contribution is -0.120. The third kappa shape index (κ3) is 4.29. The molecule has 2 N–H and O–H groups in total. The number of carbonyl (C=O) groups is 2. The van der Waals surface area contributed by atoms with Crippen LogP contribution in [-0.4, -0.2) is 23.3 Å². The molecular formula is C20H17N3O3S2. The number of hydrogen-bond acceptors (Lipinski definition) is 6. The maximum Gasteiger partial charge on any atom is 0.293 e. The summed E-state index contributed by atoms with van der Waals surface area (Å²) >= 11 is 3.00. The molecule has 142 valence electrons. The van der Waals surface area contributed by atoms with Gasteiger partial charge in [0.15, 0.2) is 10.9 Å². The van der Waals surface area contributed by atoms with E-state index < -0.39 is 0 Å². The SMILES string of the molecule is O=C(Cc1csc(NC(=O)c2ccco2)n1)NCCc1csc2ccccc12. The van der Waals surface area contributed by atoms with Gasteiger partial charge in [0.25, 0.3) is 5.91 Å². The summed E-state index contributed by atoms with van der Waals surface area (Å²) in [6.45, 7) is 0.575. The molecule has 3 aromatic heterocycles. The van der Waals surface area contributed by atoms with E-state index in [9.17, 15) is 9.59 Å². The van der Waals surface area contributed by atoms with Gasteiger partial charge in [-0.05, 0) is 40.9 Å². The first-order valence-corrected chi connectivity index (χ1v) is 10.5. The van der Waals surface area contributed by atoms with Crippen molar-refractivity contribution >= 4 is 49.7 Å². The summed E-state index contributed by atoms with van der Waals surface area (Å²) in [6, 6.07) is 11.5. The fourth-order valence-electron chi connectivity index (χ4n) is 2.80. The minimum atomic E-state index is -0.363. The van der Waals surface area contributed by atoms with E-state index in [0.29, 0.717) is 17.4 Å². The number of anilines is 1. The molecule has 0 saturated heterocycles. The van der Waals surface area contributed by atoms with Gasteiger partial charge in [-0.15, -0.1) is 22.7 Å². The number of fused-ring (bicyclic) bond motifs is 1. The second-order valence-corrected chi connectivity index (χ2v) is 7.88. The van der Waals surface area contributed by atoms with Crippen LogP contribution in [0.3, 0.4) is 0 Å². The second kappa shape index (κ2) is 8.37. The maximum absolute atomic E-state index is 12.2. The van der Waals surface area contributed by atoms with Crippen molar-refractivity contribution in [2.45, 2.75) is 12.8 Å². The molecule has 0 aliphatic heterocycles. The third-order valence-electron chi connectivity index (χ3n) is 4.14. The van der Waals surface area contributed by atoms with Crippen molar-refractivity contribution in [1.82, 2.24) is 10.3 Å². The second-order valence-electron chi connectivity index (χ2n) is 6.11. The summed E-state index contributed by atoms with van der Waals surface area (Å²) in [5.74, 6) is -0.234. The van der Waals surface area contributed by atoms with Gasteiger partial charge in [0.1, 0.15) is 0 Å². The Labute approximate surface area is 169 Å². The first-order chi connectivity index (χ1) is 13.7. The highest BCUT2D eigenvalue weighted by molar-refractivity contribution is 7.17. The normalized spacial score (nSPS) is 10.9. The Hall–Kier alpha value is -2.97. The molecule has 0 aliphatic carbocycles. The molecule has 0 radical (unpaired) electrons. The minimum absolute atomic E-state index is 0.0891. The number of carbonyl (C=O) groups excluding carboxylic acids is 2. The molecule has 28 heavy (non-hydrogen) atoms. The molecule has 4 aromatic rings. The summed E-state index contributed by atoms with van der Waals surface area (Å²) in [5.41, 5.74) is 1.87. The van der Waals surface area contributed by atoms with Crippen LogP contribution >= 0.6 is 22.7 Å². The van der Waals surface area contributed by atoms with Crippen molar-refractivity contribution in [3.63, 3.8) is 0 Å². The zero-order valence-corrected chi connectivity index (χ0v) is 16.4. The van der Waals surface area contributed by atoms with Crippen LogP contribution in [0.25, 0.3) is 10.1 Å². The smallest absolute Gasteiger partial charge is 0.293 e. The summed E-state index contributed by atoms with van der Waals surface area (Å²) in [7, 11) is 0. The van der Waals surface area contributed by atoms with Gasteiger partial charge in [-0.25, -0.2) is 4.98 Å². The lowest BCUT2D eigenvalue weighted by Gasteiger charge is -2.04. The number of nitrogens with zero attached hydrogens (tertiary/aromatic N) is 1. The van der Waals surface area contributed by atoms with Gasteiger partial charge in [0, 0.05) is 16.6 Å². The Bertz CT molecular complexity index is 1100. The van der Waals surface area contributed by atoms with Crippen LogP contribution in [0.15, 0.2) is 57.8 Å². The molecule has 3 heterocycles. The predicted octanol–water partition coefficient (Wildman–Crippen LogP) is 4.10. The molecule has 0 saturated carbocycles. The van der Waals surface area contributed by atoms with E-state index in [-0.39, 0.29) is 24.0 Å². The molecule has 0 unspecified atom stereocenters. The molecule has 0 bridgehead atoms. The molecule has 4 rings (SSSR count). The zero-order chi connectivity index (χ0) is 19.3. The predicted molar refractivity (Wildman–Crippen MR) is 111 cm³/mol. The average Bonchev–Trinajstić information content (AvgIpc) is 3.43. The lowest BCUT2D eigenvalue weighted by Crippen LogP contribution is -2.27. The number of rotatable bonds is 7. The van der Waals surface area contributed by atoms with Crippen molar-refractivity contribution < 1.29 is 14.0 Å². The van der Waals surface area contributed by atoms with Gasteiger partial charge in [0.2, 0.25) is 5.91 Å². The zero-order valence-electron chi connectivity index (χ0n) is 14.8. The van der Waals surface area contributed by atoms with Crippen molar-refractivity contribution in [2.24, 2.45) is 0 Å². The Balaban J connectivity index is 1.26. The molecule has 0 atom stereocenters. The topological polar surface area (TPSA) is 84.2 Å². The van der Waals surface area contributed by atoms with E-state index >= 15 is 0 Å². The van der Waals surface area contributed by atoms with Crippen LogP contribution in [0.4, 0.5) is 5.13 Å². The van der Waals surface area contributed by atoms with Gasteiger partial charge in [-0.2, -0.15) is 0 Å². The maximum atomic E-state index is 12.2. The van der Waals surface area contributed by atoms with Gasteiger partial charge in [-0.1, -0.05) is 18.2 Å². The highest BCUT2D eigenvalue weighted by Gasteiger charge is 2.13. The van der Waals surface area contributed by atoms with E-state index in [0.717, 1.165) is 6.42 Å². The Kier molecular flexibility index (Phi) is 5.50. The van der Waals surface area contributed by atoms with E-state index in [1.54, 1.807) is 28.8 Å². The van der Waals surface area contributed by atoms with Crippen LogP contribution in [0, 0.1) is 0 Å². The number of benzene rings is 1. The fraction of sp³-hybridized carbons (Fsp3) is 0.150. The molecule has 2 amide bonds. The average molecular weight is 412 g/mol. The molecule has 6 nitrogen and oxygen atoms in total. The van der Waals surface area contributed by atoms with Crippen molar-refractivity contribution in [3.8, 4) is 0 Å². The van der Waals surface area contributed by atoms with Crippen LogP contribution in [0.1, 0.15) is 21.8 Å². The van der Waals surface area contributed by atoms with Gasteiger partial charge >= 0.3 is 0 Å². The Morgan fingerprint density at radius 2 is 1.96 bits per heavy atom. The standard InChI is InChI=1S/C20H17N3O3S2/c24-18(21-8-7-13-11-27-17-6-2-1-4-15(13)17)10-14-12-28-20(22-14)23-19(25)16-5-3-9-26-16/h1-6,9,11-12H,7-8,10H2,(H,21,24)(H,22,23,25). The van der Waals surface area contributed by atoms with Crippen molar-refractivity contribution in [2.75, 3.05) is 11.9 Å². The van der Waals surface area contributed by atoms with Gasteiger partial charge in [0.05, 0.1) is 18.4 Å². The molecule has 0 aliphatic rings. The number of hydrogen-bond donors (Lipinski definition) is 2. The number of amides is 2. The van der Waals surface area contributed by atoms with E-state index in [2.05, 4.69) is 33.1 Å². The molecule has 0 fully saturated rings. The van der Waals surface area contributed by atoms with Crippen LogP contribution in [-0.2, 0) is 17.6 Å². The monoisotopic (exact) mass is 411 g/mol. The fourth-order valence-corrected chi connectivity index (χ4v) is 4.50. The van der Waals surface area contributed by atoms with Crippen molar-refractivity contribution in [3.05, 3.63) is 70.4 Å². The largest absolute Gasteiger partial charge is 0.459 e. The van der Waals surface area contributed by atoms with Crippen LogP contribution in [0.5, 0.6) is 0 Å². The lowest BCUT2D eigenvalue weighted by atomic mass is 10.1. The summed E-state index contributed by atoms with van der Waals surface area (Å²) in [4.78, 5) is 28.4. The van der Waals surface area contributed by atoms with Gasteiger partial charge < -0.3 is 9.73 Å². The van der Waals surface area contributed by atoms with Crippen LogP contribution in [0.2, 0.25) is 0 Å². The third-order valence-corrected chi connectivity index (χ3v) is 5.96. The summed E-state index contributed by atoms with van der Waals surface area (Å²) < 4.78 is 6.30. The first kappa shape index (κ1) is 18.4. The molecule has 0 spiro atoms. The highest BCUT2D eigenvalue weighted by Crippen LogP contribution is 2.25. The quantitative estimate of drug-likeness (QED) is 0.479. The number of furan rings is 1. The summed E-state index contributed by atoms with van der Waals surface area (Å²) in [6.07, 6.45) is 2.40. The van der Waals surface area contributed by atoms with Crippen LogP contribution < -0.4 is 10.6 Å². The Morgan fingerprint density at radius 3 is 2.82 bits per heavy atom. The van der Waals surface area contributed by atoms with Crippen molar-refractivity contribution in [1.29, 1.82) is 0 Å². The van der Waals surface area contributed by atoms with E-state index in [1.165, 1.54) is 33.2 Å². The molecule has 8 heteroatoms. The van der Waals surface area contributed by atoms with E-state index in [1.807, 2.05) is 12.1 Å². The summed E-state index contributed by atoms with van der Waals surface area (Å²) in [5, 5.41) is 11.2. The number of thiophene rings is 1. The highest BCUT2D eigenvalue weighted by atomic mass is 32.1. The number of aromatic nitrogens is 1.